The van der Waals surface area contributed by atoms with Crippen LogP contribution in [0.5, 0.6) is 0 Å². The molecule has 0 aliphatic heterocycles. The largest absolute Gasteiger partial charge is 0.462 e. The maximum absolute atomic E-state index is 12.0. The predicted octanol–water partition coefficient (Wildman–Crippen LogP) is 4.82. The van der Waals surface area contributed by atoms with Gasteiger partial charge in [-0.25, -0.2) is 4.79 Å². The lowest BCUT2D eigenvalue weighted by Crippen LogP contribution is -2.06. The van der Waals surface area contributed by atoms with Crippen LogP contribution in [0.25, 0.3) is 28.6 Å². The number of carbonyl (C=O) groups excluding carboxylic acids is 1. The van der Waals surface area contributed by atoms with E-state index in [0.29, 0.717) is 0 Å². The van der Waals surface area contributed by atoms with Gasteiger partial charge < -0.3 is 9.72 Å². The maximum Gasteiger partial charge on any atom is 0.348 e. The number of aromatic nitrogens is 1. The number of nitrogens with zero attached hydrogens (tertiary/aromatic N) is 1. The molecule has 0 atom stereocenters. The molecule has 1 aromatic heterocycles. The minimum Gasteiger partial charge on any atom is -0.462 e. The predicted molar refractivity (Wildman–Crippen MR) is 102 cm³/mol. The van der Waals surface area contributed by atoms with Crippen LogP contribution in [0.1, 0.15) is 12.5 Å². The van der Waals surface area contributed by atoms with Crippen LogP contribution in [-0.2, 0) is 9.53 Å². The summed E-state index contributed by atoms with van der Waals surface area (Å²) in [5, 5.41) is 9.34. The van der Waals surface area contributed by atoms with Crippen molar-refractivity contribution in [2.24, 2.45) is 0 Å². The van der Waals surface area contributed by atoms with Crippen molar-refractivity contribution in [1.29, 1.82) is 5.26 Å². The van der Waals surface area contributed by atoms with Crippen molar-refractivity contribution in [3.8, 4) is 28.6 Å². The van der Waals surface area contributed by atoms with E-state index in [4.69, 9.17) is 4.74 Å². The Bertz CT molecular complexity index is 964. The summed E-state index contributed by atoms with van der Waals surface area (Å²) >= 11 is 0. The number of hydrogen-bond acceptors (Lipinski definition) is 3. The molecular formula is C22H18N2O2. The van der Waals surface area contributed by atoms with E-state index in [2.05, 4.69) is 4.98 Å². The van der Waals surface area contributed by atoms with E-state index in [9.17, 15) is 10.1 Å². The van der Waals surface area contributed by atoms with Gasteiger partial charge in [-0.05, 0) is 30.2 Å². The fourth-order valence-electron chi connectivity index (χ4n) is 2.70. The maximum atomic E-state index is 12.0. The molecule has 4 nitrogen and oxygen atoms in total. The number of hydrogen-bond donors (Lipinski definition) is 1. The van der Waals surface area contributed by atoms with Crippen LogP contribution in [0.3, 0.4) is 0 Å². The minimum atomic E-state index is -0.614. The van der Waals surface area contributed by atoms with Crippen LogP contribution in [0.2, 0.25) is 0 Å². The van der Waals surface area contributed by atoms with Crippen LogP contribution in [0.4, 0.5) is 0 Å². The summed E-state index contributed by atoms with van der Waals surface area (Å²) in [6.45, 7) is 1.94. The molecule has 0 saturated heterocycles. The first-order valence-electron chi connectivity index (χ1n) is 8.35. The number of esters is 1. The van der Waals surface area contributed by atoms with Crippen molar-refractivity contribution in [2.45, 2.75) is 6.92 Å². The number of H-pyrrole nitrogens is 1. The molecule has 128 valence electrons. The van der Waals surface area contributed by atoms with Crippen LogP contribution < -0.4 is 0 Å². The van der Waals surface area contributed by atoms with Gasteiger partial charge in [0.05, 0.1) is 12.3 Å². The first-order chi connectivity index (χ1) is 12.7. The topological polar surface area (TPSA) is 65.9 Å². The van der Waals surface area contributed by atoms with E-state index in [1.54, 1.807) is 13.0 Å². The van der Waals surface area contributed by atoms with Gasteiger partial charge in [-0.15, -0.1) is 0 Å². The van der Waals surface area contributed by atoms with Crippen molar-refractivity contribution in [1.82, 2.24) is 4.98 Å². The average Bonchev–Trinajstić information content (AvgIpc) is 3.11. The lowest BCUT2D eigenvalue weighted by molar-refractivity contribution is -0.137. The fraction of sp³-hybridized carbons (Fsp3) is 0.0909. The van der Waals surface area contributed by atoms with E-state index in [-0.39, 0.29) is 12.2 Å². The van der Waals surface area contributed by atoms with E-state index < -0.39 is 5.97 Å². The molecule has 0 radical (unpaired) electrons. The number of aromatic amines is 1. The van der Waals surface area contributed by atoms with Gasteiger partial charge in [-0.3, -0.25) is 0 Å². The first kappa shape index (κ1) is 17.2. The monoisotopic (exact) mass is 342 g/mol. The number of rotatable bonds is 5. The summed E-state index contributed by atoms with van der Waals surface area (Å²) < 4.78 is 4.96. The normalized spacial score (nSPS) is 11.0. The van der Waals surface area contributed by atoms with Gasteiger partial charge >= 0.3 is 5.97 Å². The van der Waals surface area contributed by atoms with Crippen molar-refractivity contribution in [2.75, 3.05) is 6.61 Å². The molecule has 0 aliphatic carbocycles. The van der Waals surface area contributed by atoms with Gasteiger partial charge in [0, 0.05) is 11.3 Å². The third kappa shape index (κ3) is 3.73. The molecule has 0 aliphatic rings. The van der Waals surface area contributed by atoms with E-state index in [0.717, 1.165) is 28.1 Å². The van der Waals surface area contributed by atoms with Gasteiger partial charge in [0.15, 0.2) is 0 Å². The van der Waals surface area contributed by atoms with Crippen molar-refractivity contribution in [3.05, 3.63) is 77.9 Å². The molecule has 4 heteroatoms. The van der Waals surface area contributed by atoms with Gasteiger partial charge in [-0.1, -0.05) is 60.7 Å². The zero-order valence-electron chi connectivity index (χ0n) is 14.4. The molecule has 0 fully saturated rings. The zero-order chi connectivity index (χ0) is 18.4. The van der Waals surface area contributed by atoms with Crippen LogP contribution >= 0.6 is 0 Å². The summed E-state index contributed by atoms with van der Waals surface area (Å²) in [5.41, 5.74) is 4.50. The Balaban J connectivity index is 2.12. The highest BCUT2D eigenvalue weighted by molar-refractivity contribution is 5.99. The Kier molecular flexibility index (Phi) is 5.31. The molecular weight excluding hydrogens is 324 g/mol. The summed E-state index contributed by atoms with van der Waals surface area (Å²) in [6, 6.07) is 23.6. The van der Waals surface area contributed by atoms with Gasteiger partial charge in [0.25, 0.3) is 0 Å². The average molecular weight is 342 g/mol. The molecule has 26 heavy (non-hydrogen) atoms. The zero-order valence-corrected chi connectivity index (χ0v) is 14.4. The number of nitrogens with one attached hydrogen (secondary N) is 1. The second-order valence-corrected chi connectivity index (χ2v) is 5.64. The molecule has 0 bridgehead atoms. The molecule has 1 N–H and O–H groups in total. The minimum absolute atomic E-state index is 0.0253. The Hall–Kier alpha value is -3.58. The lowest BCUT2D eigenvalue weighted by atomic mass is 10.1. The summed E-state index contributed by atoms with van der Waals surface area (Å²) in [4.78, 5) is 15.4. The number of nitriles is 1. The molecule has 0 amide bonds. The van der Waals surface area contributed by atoms with Crippen molar-refractivity contribution < 1.29 is 9.53 Å². The lowest BCUT2D eigenvalue weighted by Gasteiger charge is -2.02. The highest BCUT2D eigenvalue weighted by Crippen LogP contribution is 2.30. The number of carbonyl (C=O) groups is 1. The molecule has 0 unspecified atom stereocenters. The highest BCUT2D eigenvalue weighted by Gasteiger charge is 2.15. The molecule has 2 aromatic carbocycles. The Morgan fingerprint density at radius 3 is 2.27 bits per heavy atom. The summed E-state index contributed by atoms with van der Waals surface area (Å²) in [6.07, 6.45) is 1.57. The van der Waals surface area contributed by atoms with Crippen molar-refractivity contribution >= 4 is 12.0 Å². The van der Waals surface area contributed by atoms with E-state index in [1.165, 1.54) is 0 Å². The SMILES string of the molecule is CCOC(=O)C(C#N)=Cc1cc(-c2ccccc2)[nH]c1-c1ccccc1. The second-order valence-electron chi connectivity index (χ2n) is 5.64. The smallest absolute Gasteiger partial charge is 0.348 e. The Morgan fingerprint density at radius 1 is 1.08 bits per heavy atom. The number of ether oxygens (including phenoxy) is 1. The third-order valence-corrected chi connectivity index (χ3v) is 3.91. The Labute approximate surface area is 152 Å². The van der Waals surface area contributed by atoms with Crippen molar-refractivity contribution in [3.63, 3.8) is 0 Å². The fourth-order valence-corrected chi connectivity index (χ4v) is 2.70. The van der Waals surface area contributed by atoms with Gasteiger partial charge in [-0.2, -0.15) is 5.26 Å². The molecule has 3 rings (SSSR count). The quantitative estimate of drug-likeness (QED) is 0.411. The molecule has 1 heterocycles. The van der Waals surface area contributed by atoms with Crippen LogP contribution in [0, 0.1) is 11.3 Å². The number of benzene rings is 2. The summed E-state index contributed by atoms with van der Waals surface area (Å²) in [7, 11) is 0. The van der Waals surface area contributed by atoms with Crippen LogP contribution in [0.15, 0.2) is 72.3 Å². The molecule has 0 spiro atoms. The van der Waals surface area contributed by atoms with Gasteiger partial charge in [0.2, 0.25) is 0 Å². The Morgan fingerprint density at radius 2 is 1.69 bits per heavy atom. The van der Waals surface area contributed by atoms with Crippen LogP contribution in [-0.4, -0.2) is 17.6 Å². The summed E-state index contributed by atoms with van der Waals surface area (Å²) in [5.74, 6) is -0.614. The molecule has 3 aromatic rings. The second kappa shape index (κ2) is 8.00. The first-order valence-corrected chi connectivity index (χ1v) is 8.35. The third-order valence-electron chi connectivity index (χ3n) is 3.91. The van der Waals surface area contributed by atoms with Gasteiger partial charge in [0.1, 0.15) is 11.6 Å². The molecule has 0 saturated carbocycles. The highest BCUT2D eigenvalue weighted by atomic mass is 16.5. The van der Waals surface area contributed by atoms with E-state index >= 15 is 0 Å². The van der Waals surface area contributed by atoms with E-state index in [1.807, 2.05) is 72.8 Å². The standard InChI is InChI=1S/C22H18N2O2/c1-2-26-22(25)19(15-23)13-18-14-20(16-9-5-3-6-10-16)24-21(18)17-11-7-4-8-12-17/h3-14,24H,2H2,1H3.